The number of hydrogen-bond donors (Lipinski definition) is 2. The molecule has 0 bridgehead atoms. The average Bonchev–Trinajstić information content (AvgIpc) is 3.22. The number of carbonyl (C=O) groups is 2. The van der Waals surface area contributed by atoms with Crippen LogP contribution in [0.3, 0.4) is 0 Å². The number of piperazine rings is 1. The summed E-state index contributed by atoms with van der Waals surface area (Å²) in [7, 11) is 0. The van der Waals surface area contributed by atoms with Gasteiger partial charge >= 0.3 is 18.1 Å². The number of aromatic nitrogens is 2. The summed E-state index contributed by atoms with van der Waals surface area (Å²) < 4.78 is 40.3. The van der Waals surface area contributed by atoms with Crippen LogP contribution in [0.1, 0.15) is 12.5 Å². The van der Waals surface area contributed by atoms with Gasteiger partial charge in [-0.1, -0.05) is 19.1 Å². The Hall–Kier alpha value is -3.86. The van der Waals surface area contributed by atoms with Gasteiger partial charge in [0, 0.05) is 43.7 Å². The molecule has 0 saturated carbocycles. The normalized spacial score (nSPS) is 14.7. The van der Waals surface area contributed by atoms with Crippen LogP contribution in [-0.2, 0) is 15.8 Å². The van der Waals surface area contributed by atoms with E-state index in [0.29, 0.717) is 17.8 Å². The molecule has 3 aromatic rings. The summed E-state index contributed by atoms with van der Waals surface area (Å²) in [6, 6.07) is 13.0. The monoisotopic (exact) mass is 490 g/mol. The molecule has 2 aromatic carbocycles. The van der Waals surface area contributed by atoms with Gasteiger partial charge in [0.25, 0.3) is 0 Å². The molecule has 0 radical (unpaired) electrons. The smallest absolute Gasteiger partial charge is 0.416 e. The van der Waals surface area contributed by atoms with Gasteiger partial charge in [-0.05, 0) is 42.9 Å². The first-order valence-electron chi connectivity index (χ1n) is 10.9. The number of anilines is 1. The van der Waals surface area contributed by atoms with Gasteiger partial charge in [0.1, 0.15) is 0 Å². The van der Waals surface area contributed by atoms with Gasteiger partial charge in [-0.2, -0.15) is 13.2 Å². The average molecular weight is 490 g/mol. The topological polar surface area (TPSA) is 98.9 Å². The Bertz CT molecular complexity index is 1180. The maximum Gasteiger partial charge on any atom is 0.416 e. The van der Waals surface area contributed by atoms with Crippen molar-refractivity contribution in [2.75, 3.05) is 37.6 Å². The van der Waals surface area contributed by atoms with E-state index in [1.165, 1.54) is 12.1 Å². The van der Waals surface area contributed by atoms with Crippen molar-refractivity contribution in [3.63, 3.8) is 0 Å². The third-order valence-electron chi connectivity index (χ3n) is 5.49. The number of likely N-dealkylation sites (N-methyl/N-ethyl adjacent to an activating group) is 1. The van der Waals surface area contributed by atoms with Gasteiger partial charge in [-0.15, -0.1) is 5.10 Å². The molecule has 0 atom stereocenters. The van der Waals surface area contributed by atoms with Crippen LogP contribution in [0.25, 0.3) is 16.6 Å². The Labute approximate surface area is 199 Å². The number of rotatable bonds is 5. The molecule has 1 aliphatic heterocycles. The number of fused-ring (bicyclic) bond motifs is 1. The fraction of sp³-hybridized carbons (Fsp3) is 0.292. The first-order chi connectivity index (χ1) is 16.6. The van der Waals surface area contributed by atoms with E-state index in [4.69, 9.17) is 15.3 Å². The Morgan fingerprint density at radius 1 is 0.943 bits per heavy atom. The number of carboxylic acid groups (broad SMARTS) is 2. The lowest BCUT2D eigenvalue weighted by Gasteiger charge is -2.34. The third kappa shape index (κ3) is 6.60. The Morgan fingerprint density at radius 3 is 2.03 bits per heavy atom. The number of nitrogens with zero attached hydrogens (tertiary/aromatic N) is 4. The van der Waals surface area contributed by atoms with Crippen molar-refractivity contribution in [2.24, 2.45) is 0 Å². The zero-order valence-corrected chi connectivity index (χ0v) is 18.9. The molecule has 4 rings (SSSR count). The van der Waals surface area contributed by atoms with E-state index in [1.54, 1.807) is 4.68 Å². The van der Waals surface area contributed by atoms with Crippen molar-refractivity contribution >= 4 is 28.7 Å². The molecule has 1 aliphatic rings. The van der Waals surface area contributed by atoms with Gasteiger partial charge in [-0.3, -0.25) is 0 Å². The first kappa shape index (κ1) is 25.8. The third-order valence-corrected chi connectivity index (χ3v) is 5.49. The molecule has 35 heavy (non-hydrogen) atoms. The van der Waals surface area contributed by atoms with Gasteiger partial charge in [-0.25, -0.2) is 14.3 Å². The minimum absolute atomic E-state index is 0.558. The molecule has 0 aliphatic carbocycles. The highest BCUT2D eigenvalue weighted by Crippen LogP contribution is 2.32. The predicted octanol–water partition coefficient (Wildman–Crippen LogP) is 3.90. The highest BCUT2D eigenvalue weighted by atomic mass is 19.4. The van der Waals surface area contributed by atoms with E-state index >= 15 is 0 Å². The van der Waals surface area contributed by atoms with Crippen molar-refractivity contribution in [1.29, 1.82) is 0 Å². The van der Waals surface area contributed by atoms with E-state index in [1.807, 2.05) is 24.3 Å². The quantitative estimate of drug-likeness (QED) is 0.524. The standard InChI is InChI=1S/C20H21F3N4.C4H4O4/c1-2-25-11-13-26(14-12-25)19-17-5-3-4-6-18(17)27(24-19)16-9-7-15(8-10-16)20(21,22)23;5-3(6)1-2-4(7)8/h3-10H,2,11-14H2,1H3;1-2H,(H,5,6)(H,7,8)/b;2-1+. The number of carboxylic acids is 2. The van der Waals surface area contributed by atoms with E-state index < -0.39 is 23.7 Å². The number of benzene rings is 2. The van der Waals surface area contributed by atoms with Gasteiger partial charge in [0.15, 0.2) is 5.82 Å². The van der Waals surface area contributed by atoms with Crippen molar-refractivity contribution in [2.45, 2.75) is 13.1 Å². The molecule has 1 saturated heterocycles. The maximum atomic E-state index is 12.8. The number of aliphatic carboxylic acids is 2. The Kier molecular flexibility index (Phi) is 8.13. The van der Waals surface area contributed by atoms with Crippen molar-refractivity contribution in [1.82, 2.24) is 14.7 Å². The molecular formula is C24H25F3N4O4. The summed E-state index contributed by atoms with van der Waals surface area (Å²) in [4.78, 5) is 23.8. The highest BCUT2D eigenvalue weighted by molar-refractivity contribution is 5.92. The van der Waals surface area contributed by atoms with Crippen LogP contribution < -0.4 is 4.90 Å². The molecule has 2 heterocycles. The molecule has 186 valence electrons. The first-order valence-corrected chi connectivity index (χ1v) is 10.9. The van der Waals surface area contributed by atoms with E-state index in [9.17, 15) is 22.8 Å². The number of alkyl halides is 3. The fourth-order valence-corrected chi connectivity index (χ4v) is 3.69. The van der Waals surface area contributed by atoms with E-state index in [-0.39, 0.29) is 0 Å². The molecule has 1 aromatic heterocycles. The maximum absolute atomic E-state index is 12.8. The SMILES string of the molecule is CCN1CCN(c2nn(-c3ccc(C(F)(F)F)cc3)c3ccccc23)CC1.O=C(O)/C=C/C(=O)O. The molecule has 0 unspecified atom stereocenters. The summed E-state index contributed by atoms with van der Waals surface area (Å²) in [5.41, 5.74) is 0.862. The van der Waals surface area contributed by atoms with Crippen LogP contribution >= 0.6 is 0 Å². The largest absolute Gasteiger partial charge is 0.478 e. The molecule has 8 nitrogen and oxygen atoms in total. The van der Waals surface area contributed by atoms with E-state index in [0.717, 1.165) is 61.6 Å². The van der Waals surface area contributed by atoms with Gasteiger partial charge < -0.3 is 20.0 Å². The molecule has 2 N–H and O–H groups in total. The predicted molar refractivity (Wildman–Crippen MR) is 125 cm³/mol. The second-order valence-electron chi connectivity index (χ2n) is 7.73. The van der Waals surface area contributed by atoms with Crippen LogP contribution in [0.15, 0.2) is 60.7 Å². The summed E-state index contributed by atoms with van der Waals surface area (Å²) in [6.45, 7) is 6.94. The minimum Gasteiger partial charge on any atom is -0.478 e. The highest BCUT2D eigenvalue weighted by Gasteiger charge is 2.30. The lowest BCUT2D eigenvalue weighted by Crippen LogP contribution is -2.46. The van der Waals surface area contributed by atoms with Crippen molar-refractivity contribution in [3.8, 4) is 5.69 Å². The number of hydrogen-bond acceptors (Lipinski definition) is 5. The molecule has 1 fully saturated rings. The van der Waals surface area contributed by atoms with Crippen LogP contribution in [-0.4, -0.2) is 69.6 Å². The van der Waals surface area contributed by atoms with Crippen LogP contribution in [0, 0.1) is 0 Å². The number of halogens is 3. The fourth-order valence-electron chi connectivity index (χ4n) is 3.69. The Morgan fingerprint density at radius 2 is 1.51 bits per heavy atom. The van der Waals surface area contributed by atoms with Crippen LogP contribution in [0.2, 0.25) is 0 Å². The van der Waals surface area contributed by atoms with Gasteiger partial charge in [0.05, 0.1) is 16.8 Å². The molecule has 11 heteroatoms. The summed E-state index contributed by atoms with van der Waals surface area (Å²) in [5.74, 6) is -1.62. The van der Waals surface area contributed by atoms with E-state index in [2.05, 4.69) is 16.7 Å². The zero-order chi connectivity index (χ0) is 25.6. The summed E-state index contributed by atoms with van der Waals surface area (Å²) in [6.07, 6.45) is -3.22. The zero-order valence-electron chi connectivity index (χ0n) is 18.9. The second-order valence-corrected chi connectivity index (χ2v) is 7.73. The lowest BCUT2D eigenvalue weighted by molar-refractivity contribution is -0.137. The lowest BCUT2D eigenvalue weighted by atomic mass is 10.2. The molecule has 0 spiro atoms. The number of para-hydroxylation sites is 1. The minimum atomic E-state index is -4.34. The van der Waals surface area contributed by atoms with Crippen molar-refractivity contribution in [3.05, 3.63) is 66.2 Å². The molecule has 0 amide bonds. The van der Waals surface area contributed by atoms with Crippen molar-refractivity contribution < 1.29 is 33.0 Å². The second kappa shape index (κ2) is 11.0. The van der Waals surface area contributed by atoms with Gasteiger partial charge in [0.2, 0.25) is 0 Å². The Balaban J connectivity index is 0.000000371. The van der Waals surface area contributed by atoms with Crippen LogP contribution in [0.5, 0.6) is 0 Å². The summed E-state index contributed by atoms with van der Waals surface area (Å²) >= 11 is 0. The van der Waals surface area contributed by atoms with Crippen LogP contribution in [0.4, 0.5) is 19.0 Å². The summed E-state index contributed by atoms with van der Waals surface area (Å²) in [5, 5.41) is 21.4. The molecular weight excluding hydrogens is 465 g/mol.